The van der Waals surface area contributed by atoms with Gasteiger partial charge in [-0.15, -0.1) is 11.3 Å². The quantitative estimate of drug-likeness (QED) is 0.0947. The van der Waals surface area contributed by atoms with Crippen molar-refractivity contribution >= 4 is 51.0 Å². The lowest BCUT2D eigenvalue weighted by atomic mass is 10.1. The number of hydrogen-bond acceptors (Lipinski definition) is 7. The van der Waals surface area contributed by atoms with E-state index in [-0.39, 0.29) is 23.0 Å². The average molecular weight is 558 g/mol. The number of halogens is 4. The van der Waals surface area contributed by atoms with Crippen LogP contribution < -0.4 is 15.4 Å². The van der Waals surface area contributed by atoms with Crippen LogP contribution >= 0.6 is 23.6 Å². The van der Waals surface area contributed by atoms with Gasteiger partial charge < -0.3 is 20.1 Å². The fraction of sp³-hybridized carbons (Fsp3) is 0.217. The predicted molar refractivity (Wildman–Crippen MR) is 135 cm³/mol. The van der Waals surface area contributed by atoms with Gasteiger partial charge in [-0.2, -0.15) is 8.78 Å². The first-order valence-electron chi connectivity index (χ1n) is 10.5. The smallest absolute Gasteiger partial charge is 0.341 e. The molecule has 0 atom stereocenters. The molecule has 0 aliphatic heterocycles. The molecule has 2 aromatic carbocycles. The number of benzene rings is 2. The predicted octanol–water partition coefficient (Wildman–Crippen LogP) is 6.59. The molecule has 0 aliphatic rings. The summed E-state index contributed by atoms with van der Waals surface area (Å²) in [5, 5.41) is 17.0. The number of nitrogens with zero attached hydrogens (tertiary/aromatic N) is 1. The van der Waals surface area contributed by atoms with Gasteiger partial charge in [0.1, 0.15) is 10.8 Å². The molecule has 0 radical (unpaired) electrons. The molecule has 3 rings (SSSR count). The van der Waals surface area contributed by atoms with Crippen molar-refractivity contribution in [2.75, 3.05) is 23.8 Å². The number of alkyl halides is 4. The van der Waals surface area contributed by atoms with Crippen LogP contribution in [0.3, 0.4) is 0 Å². The Morgan fingerprint density at radius 3 is 2.49 bits per heavy atom. The third-order valence-corrected chi connectivity index (χ3v) is 5.93. The Balaban J connectivity index is 1.83. The number of nitro groups is 1. The van der Waals surface area contributed by atoms with Crippen LogP contribution in [0.1, 0.15) is 17.3 Å². The van der Waals surface area contributed by atoms with Gasteiger partial charge in [-0.25, -0.2) is 13.6 Å². The third-order valence-electron chi connectivity index (χ3n) is 4.62. The van der Waals surface area contributed by atoms with Crippen molar-refractivity contribution in [1.29, 1.82) is 0 Å². The number of anilines is 2. The summed E-state index contributed by atoms with van der Waals surface area (Å²) in [5.41, 5.74) is 0.440. The summed E-state index contributed by atoms with van der Waals surface area (Å²) in [4.78, 5) is 23.7. The largest absolute Gasteiger partial charge is 0.487 e. The maximum atomic E-state index is 13.2. The van der Waals surface area contributed by atoms with Crippen LogP contribution in [0.15, 0.2) is 54.6 Å². The molecular formula is C23H19F4N3O5S2. The van der Waals surface area contributed by atoms with E-state index >= 15 is 0 Å². The highest BCUT2D eigenvalue weighted by Gasteiger charge is 2.41. The number of non-ortho nitro benzene ring substituents is 1. The second-order valence-corrected chi connectivity index (χ2v) is 8.80. The third kappa shape index (κ3) is 7.36. The molecule has 14 heteroatoms. The molecule has 0 bridgehead atoms. The molecule has 0 saturated heterocycles. The summed E-state index contributed by atoms with van der Waals surface area (Å²) in [6.45, 7) is 0.105. The lowest BCUT2D eigenvalue weighted by Crippen LogP contribution is -2.33. The Hall–Kier alpha value is -3.78. The van der Waals surface area contributed by atoms with Gasteiger partial charge in [0.15, 0.2) is 11.7 Å². The fourth-order valence-corrected chi connectivity index (χ4v) is 4.28. The molecule has 0 saturated carbocycles. The van der Waals surface area contributed by atoms with E-state index < -0.39 is 41.3 Å². The average Bonchev–Trinajstić information content (AvgIpc) is 3.27. The Morgan fingerprint density at radius 1 is 1.16 bits per heavy atom. The minimum Gasteiger partial charge on any atom is -0.487 e. The Morgan fingerprint density at radius 2 is 1.86 bits per heavy atom. The number of hydrogen-bond donors (Lipinski definition) is 2. The van der Waals surface area contributed by atoms with E-state index in [0.717, 1.165) is 28.6 Å². The molecule has 2 N–H and O–H groups in total. The lowest BCUT2D eigenvalue weighted by molar-refractivity contribution is -0.384. The SMILES string of the molecule is CCOC(=O)c1cc(-c2ccccc2)sc1NC(=S)Nc1cc(OCC(F)(F)C(F)F)cc([N+](=O)[O-])c1. The van der Waals surface area contributed by atoms with Crippen LogP contribution in [0.5, 0.6) is 5.75 Å². The van der Waals surface area contributed by atoms with Gasteiger partial charge in [0.05, 0.1) is 28.8 Å². The van der Waals surface area contributed by atoms with Crippen molar-refractivity contribution in [3.05, 3.63) is 70.3 Å². The Labute approximate surface area is 217 Å². The molecule has 8 nitrogen and oxygen atoms in total. The summed E-state index contributed by atoms with van der Waals surface area (Å²) in [7, 11) is 0. The van der Waals surface area contributed by atoms with Gasteiger partial charge in [0.2, 0.25) is 0 Å². The highest BCUT2D eigenvalue weighted by Crippen LogP contribution is 2.36. The summed E-state index contributed by atoms with van der Waals surface area (Å²) < 4.78 is 61.1. The zero-order valence-corrected chi connectivity index (χ0v) is 20.6. The molecule has 1 aromatic heterocycles. The van der Waals surface area contributed by atoms with Crippen molar-refractivity contribution in [2.24, 2.45) is 0 Å². The van der Waals surface area contributed by atoms with Crippen LogP contribution in [0.4, 0.5) is 33.9 Å². The van der Waals surface area contributed by atoms with Gasteiger partial charge in [-0.1, -0.05) is 30.3 Å². The van der Waals surface area contributed by atoms with Crippen LogP contribution in [0.25, 0.3) is 10.4 Å². The second-order valence-electron chi connectivity index (χ2n) is 7.34. The summed E-state index contributed by atoms with van der Waals surface area (Å²) in [5.74, 6) is -5.50. The van der Waals surface area contributed by atoms with Crippen LogP contribution in [0, 0.1) is 10.1 Å². The zero-order chi connectivity index (χ0) is 27.2. The monoisotopic (exact) mass is 557 g/mol. The normalized spacial score (nSPS) is 11.2. The molecule has 37 heavy (non-hydrogen) atoms. The van der Waals surface area contributed by atoms with Gasteiger partial charge >= 0.3 is 18.3 Å². The molecule has 0 amide bonds. The standard InChI is InChI=1S/C23H19F4N3O5S2/c1-2-34-20(31)17-11-18(13-6-4-3-5-7-13)37-19(17)29-22(36)28-14-8-15(30(32)33)10-16(9-14)35-12-23(26,27)21(24)25/h3-11,21H,2,12H2,1H3,(H2,28,29,36). The van der Waals surface area contributed by atoms with E-state index in [1.807, 2.05) is 30.3 Å². The maximum Gasteiger partial charge on any atom is 0.341 e. The van der Waals surface area contributed by atoms with Crippen molar-refractivity contribution in [3.8, 4) is 16.2 Å². The van der Waals surface area contributed by atoms with Gasteiger partial charge in [0, 0.05) is 17.0 Å². The molecule has 1 heterocycles. The highest BCUT2D eigenvalue weighted by atomic mass is 32.1. The summed E-state index contributed by atoms with van der Waals surface area (Å²) in [6.07, 6.45) is -3.97. The van der Waals surface area contributed by atoms with E-state index in [9.17, 15) is 32.5 Å². The molecule has 3 aromatic rings. The topological polar surface area (TPSA) is 103 Å². The van der Waals surface area contributed by atoms with Crippen molar-refractivity contribution in [2.45, 2.75) is 19.3 Å². The second kappa shape index (κ2) is 12.0. The number of carbonyl (C=O) groups is 1. The van der Waals surface area contributed by atoms with Crippen molar-refractivity contribution < 1.29 is 36.8 Å². The minimum absolute atomic E-state index is 0.0420. The number of rotatable bonds is 10. The first-order valence-corrected chi connectivity index (χ1v) is 11.7. The minimum atomic E-state index is -4.45. The molecule has 0 unspecified atom stereocenters. The number of nitro benzene ring substituents is 1. The van der Waals surface area contributed by atoms with E-state index in [1.165, 1.54) is 11.3 Å². The van der Waals surface area contributed by atoms with Crippen LogP contribution in [0.2, 0.25) is 0 Å². The molecule has 0 spiro atoms. The van der Waals surface area contributed by atoms with E-state index in [4.69, 9.17) is 21.7 Å². The van der Waals surface area contributed by atoms with Gasteiger partial charge in [0.25, 0.3) is 5.69 Å². The number of thiophene rings is 1. The van der Waals surface area contributed by atoms with Crippen molar-refractivity contribution in [3.63, 3.8) is 0 Å². The molecular weight excluding hydrogens is 538 g/mol. The summed E-state index contributed by atoms with van der Waals surface area (Å²) >= 11 is 6.47. The van der Waals surface area contributed by atoms with Crippen LogP contribution in [-0.4, -0.2) is 41.6 Å². The van der Waals surface area contributed by atoms with Gasteiger partial charge in [-0.05, 0) is 30.8 Å². The van der Waals surface area contributed by atoms with E-state index in [1.54, 1.807) is 13.0 Å². The molecule has 196 valence electrons. The summed E-state index contributed by atoms with van der Waals surface area (Å²) in [6, 6.07) is 13.8. The number of carbonyl (C=O) groups excluding carboxylic acids is 1. The Kier molecular flexibility index (Phi) is 8.99. The number of thiocarbonyl (C=S) groups is 1. The zero-order valence-electron chi connectivity index (χ0n) is 19.0. The molecule has 0 aliphatic carbocycles. The van der Waals surface area contributed by atoms with Gasteiger partial charge in [-0.3, -0.25) is 10.1 Å². The first-order chi connectivity index (χ1) is 17.5. The highest BCUT2D eigenvalue weighted by molar-refractivity contribution is 7.80. The van der Waals surface area contributed by atoms with Crippen LogP contribution in [-0.2, 0) is 4.74 Å². The van der Waals surface area contributed by atoms with E-state index in [0.29, 0.717) is 5.00 Å². The number of esters is 1. The Bertz CT molecular complexity index is 1290. The van der Waals surface area contributed by atoms with Crippen molar-refractivity contribution in [1.82, 2.24) is 0 Å². The lowest BCUT2D eigenvalue weighted by Gasteiger charge is -2.16. The number of ether oxygens (including phenoxy) is 2. The first kappa shape index (κ1) is 27.8. The molecule has 0 fully saturated rings. The fourth-order valence-electron chi connectivity index (χ4n) is 2.94. The van der Waals surface area contributed by atoms with E-state index in [2.05, 4.69) is 10.6 Å². The maximum absolute atomic E-state index is 13.2. The number of nitrogens with one attached hydrogen (secondary N) is 2.